The highest BCUT2D eigenvalue weighted by Gasteiger charge is 2.19. The predicted octanol–water partition coefficient (Wildman–Crippen LogP) is 3.73. The Labute approximate surface area is 118 Å². The Hall–Kier alpha value is -1.80. The number of carbonyl (C=O) groups excluding carboxylic acids is 1. The van der Waals surface area contributed by atoms with Crippen molar-refractivity contribution in [1.29, 1.82) is 0 Å². The van der Waals surface area contributed by atoms with Crippen molar-refractivity contribution < 1.29 is 9.53 Å². The van der Waals surface area contributed by atoms with Gasteiger partial charge in [-0.05, 0) is 18.1 Å². The zero-order chi connectivity index (χ0) is 13.7. The maximum atomic E-state index is 12.2. The van der Waals surface area contributed by atoms with Crippen LogP contribution in [0.25, 0.3) is 0 Å². The smallest absolute Gasteiger partial charge is 0.180 e. The molecule has 2 aromatic rings. The third-order valence-corrected chi connectivity index (χ3v) is 3.29. The minimum atomic E-state index is -0.585. The van der Waals surface area contributed by atoms with E-state index in [1.807, 2.05) is 42.5 Å². The van der Waals surface area contributed by atoms with Crippen LogP contribution in [-0.2, 0) is 6.42 Å². The second kappa shape index (κ2) is 6.39. The molecule has 0 saturated carbocycles. The summed E-state index contributed by atoms with van der Waals surface area (Å²) in [7, 11) is 1.61. The number of ether oxygens (including phenoxy) is 1. The van der Waals surface area contributed by atoms with Gasteiger partial charge in [0.05, 0.1) is 7.11 Å². The molecule has 19 heavy (non-hydrogen) atoms. The highest BCUT2D eigenvalue weighted by molar-refractivity contribution is 6.34. The Morgan fingerprint density at radius 2 is 1.74 bits per heavy atom. The minimum absolute atomic E-state index is 0.0619. The summed E-state index contributed by atoms with van der Waals surface area (Å²) >= 11 is 6.22. The van der Waals surface area contributed by atoms with Crippen molar-refractivity contribution in [2.75, 3.05) is 7.11 Å². The van der Waals surface area contributed by atoms with Gasteiger partial charge in [0, 0.05) is 5.56 Å². The van der Waals surface area contributed by atoms with E-state index in [0.717, 1.165) is 11.3 Å². The average Bonchev–Trinajstić information content (AvgIpc) is 2.48. The number of carbonyl (C=O) groups is 1. The fraction of sp³-hybridized carbons (Fsp3) is 0.188. The first kappa shape index (κ1) is 13.6. The van der Waals surface area contributed by atoms with E-state index in [0.29, 0.717) is 12.0 Å². The van der Waals surface area contributed by atoms with E-state index in [4.69, 9.17) is 16.3 Å². The lowest BCUT2D eigenvalue weighted by molar-refractivity contribution is 0.0986. The van der Waals surface area contributed by atoms with E-state index >= 15 is 0 Å². The number of rotatable bonds is 5. The molecule has 0 bridgehead atoms. The zero-order valence-corrected chi connectivity index (χ0v) is 11.4. The Kier molecular flexibility index (Phi) is 4.58. The molecule has 0 N–H and O–H groups in total. The largest absolute Gasteiger partial charge is 0.496 e. The molecule has 0 heterocycles. The van der Waals surface area contributed by atoms with Gasteiger partial charge in [0.15, 0.2) is 5.78 Å². The average molecular weight is 275 g/mol. The third-order valence-electron chi connectivity index (χ3n) is 2.93. The summed E-state index contributed by atoms with van der Waals surface area (Å²) in [6, 6.07) is 16.7. The van der Waals surface area contributed by atoms with Crippen LogP contribution < -0.4 is 4.74 Å². The summed E-state index contributed by atoms with van der Waals surface area (Å²) in [6.07, 6.45) is 0.458. The zero-order valence-electron chi connectivity index (χ0n) is 10.7. The standard InChI is InChI=1S/C16H15ClO2/c1-19-15-10-6-5-9-13(15)11-14(17)16(18)12-7-3-2-4-8-12/h2-10,14H,11H2,1H3. The van der Waals surface area contributed by atoms with Gasteiger partial charge in [-0.2, -0.15) is 0 Å². The summed E-state index contributed by atoms with van der Waals surface area (Å²) < 4.78 is 5.26. The van der Waals surface area contributed by atoms with Crippen LogP contribution in [0.1, 0.15) is 15.9 Å². The van der Waals surface area contributed by atoms with Gasteiger partial charge in [0.1, 0.15) is 11.1 Å². The fourth-order valence-corrected chi connectivity index (χ4v) is 2.23. The Balaban J connectivity index is 2.13. The summed E-state index contributed by atoms with van der Waals surface area (Å²) in [5, 5.41) is -0.585. The fourth-order valence-electron chi connectivity index (χ4n) is 1.94. The number of ketones is 1. The van der Waals surface area contributed by atoms with Crippen LogP contribution in [0.15, 0.2) is 54.6 Å². The van der Waals surface area contributed by atoms with Crippen LogP contribution in [0.4, 0.5) is 0 Å². The van der Waals surface area contributed by atoms with E-state index in [9.17, 15) is 4.79 Å². The molecule has 1 unspecified atom stereocenters. The van der Waals surface area contributed by atoms with Gasteiger partial charge >= 0.3 is 0 Å². The number of hydrogen-bond donors (Lipinski definition) is 0. The lowest BCUT2D eigenvalue weighted by atomic mass is 10.0. The highest BCUT2D eigenvalue weighted by Crippen LogP contribution is 2.22. The van der Waals surface area contributed by atoms with Crippen molar-refractivity contribution in [3.8, 4) is 5.75 Å². The molecule has 0 saturated heterocycles. The molecule has 0 aliphatic rings. The number of halogens is 1. The topological polar surface area (TPSA) is 26.3 Å². The quantitative estimate of drug-likeness (QED) is 0.613. The van der Waals surface area contributed by atoms with Gasteiger partial charge in [-0.25, -0.2) is 0 Å². The molecule has 98 valence electrons. The van der Waals surface area contributed by atoms with Gasteiger partial charge in [0.2, 0.25) is 0 Å². The third kappa shape index (κ3) is 3.36. The van der Waals surface area contributed by atoms with E-state index in [1.54, 1.807) is 19.2 Å². The first-order valence-corrected chi connectivity index (χ1v) is 6.51. The number of benzene rings is 2. The molecule has 0 radical (unpaired) electrons. The predicted molar refractivity (Wildman–Crippen MR) is 77.1 cm³/mol. The van der Waals surface area contributed by atoms with E-state index in [2.05, 4.69) is 0 Å². The maximum absolute atomic E-state index is 12.2. The Morgan fingerprint density at radius 3 is 2.42 bits per heavy atom. The number of methoxy groups -OCH3 is 1. The normalized spacial score (nSPS) is 11.9. The molecule has 0 amide bonds. The lowest BCUT2D eigenvalue weighted by Crippen LogP contribution is -2.17. The van der Waals surface area contributed by atoms with Crippen molar-refractivity contribution in [3.63, 3.8) is 0 Å². The molecule has 0 spiro atoms. The van der Waals surface area contributed by atoms with Crippen molar-refractivity contribution >= 4 is 17.4 Å². The molecule has 1 atom stereocenters. The molecule has 0 aromatic heterocycles. The van der Waals surface area contributed by atoms with Crippen LogP contribution >= 0.6 is 11.6 Å². The number of para-hydroxylation sites is 1. The van der Waals surface area contributed by atoms with Crippen molar-refractivity contribution in [2.24, 2.45) is 0 Å². The molecule has 2 aromatic carbocycles. The maximum Gasteiger partial charge on any atom is 0.180 e. The molecular weight excluding hydrogens is 260 g/mol. The van der Waals surface area contributed by atoms with E-state index in [-0.39, 0.29) is 5.78 Å². The highest BCUT2D eigenvalue weighted by atomic mass is 35.5. The lowest BCUT2D eigenvalue weighted by Gasteiger charge is -2.11. The molecule has 2 nitrogen and oxygen atoms in total. The van der Waals surface area contributed by atoms with Crippen LogP contribution in [-0.4, -0.2) is 18.3 Å². The summed E-state index contributed by atoms with van der Waals surface area (Å²) in [4.78, 5) is 12.2. The van der Waals surface area contributed by atoms with Crippen LogP contribution in [0.3, 0.4) is 0 Å². The van der Waals surface area contributed by atoms with Crippen LogP contribution in [0.2, 0.25) is 0 Å². The molecule has 0 fully saturated rings. The SMILES string of the molecule is COc1ccccc1CC(Cl)C(=O)c1ccccc1. The van der Waals surface area contributed by atoms with Crippen molar-refractivity contribution in [2.45, 2.75) is 11.8 Å². The van der Waals surface area contributed by atoms with E-state index < -0.39 is 5.38 Å². The molecule has 2 rings (SSSR count). The second-order valence-electron chi connectivity index (χ2n) is 4.21. The van der Waals surface area contributed by atoms with E-state index in [1.165, 1.54) is 0 Å². The first-order chi connectivity index (χ1) is 9.22. The van der Waals surface area contributed by atoms with Crippen molar-refractivity contribution in [1.82, 2.24) is 0 Å². The second-order valence-corrected chi connectivity index (χ2v) is 4.74. The van der Waals surface area contributed by atoms with Crippen LogP contribution in [0.5, 0.6) is 5.75 Å². The number of Topliss-reactive ketones (excluding diaryl/α,β-unsaturated/α-hetero) is 1. The first-order valence-electron chi connectivity index (χ1n) is 6.07. The Morgan fingerprint density at radius 1 is 1.11 bits per heavy atom. The molecule has 0 aliphatic carbocycles. The summed E-state index contributed by atoms with van der Waals surface area (Å²) in [5.74, 6) is 0.696. The summed E-state index contributed by atoms with van der Waals surface area (Å²) in [6.45, 7) is 0. The Bertz CT molecular complexity index is 552. The minimum Gasteiger partial charge on any atom is -0.496 e. The van der Waals surface area contributed by atoms with Gasteiger partial charge in [-0.3, -0.25) is 4.79 Å². The van der Waals surface area contributed by atoms with Gasteiger partial charge in [-0.15, -0.1) is 11.6 Å². The van der Waals surface area contributed by atoms with Gasteiger partial charge in [0.25, 0.3) is 0 Å². The number of hydrogen-bond acceptors (Lipinski definition) is 2. The monoisotopic (exact) mass is 274 g/mol. The molecular formula is C16H15ClO2. The van der Waals surface area contributed by atoms with Gasteiger partial charge in [-0.1, -0.05) is 48.5 Å². The molecule has 0 aliphatic heterocycles. The summed E-state index contributed by atoms with van der Waals surface area (Å²) in [5.41, 5.74) is 1.58. The van der Waals surface area contributed by atoms with Crippen molar-refractivity contribution in [3.05, 3.63) is 65.7 Å². The van der Waals surface area contributed by atoms with Crippen LogP contribution in [0, 0.1) is 0 Å². The molecule has 3 heteroatoms. The number of alkyl halides is 1. The van der Waals surface area contributed by atoms with Gasteiger partial charge < -0.3 is 4.74 Å².